The number of aromatic nitrogens is 1. The molecule has 0 bridgehead atoms. The first kappa shape index (κ1) is 27.0. The fourth-order valence-electron chi connectivity index (χ4n) is 5.20. The number of hydrogen-bond acceptors (Lipinski definition) is 4. The monoisotopic (exact) mass is 502 g/mol. The number of carbonyl (C=O) groups excluding carboxylic acids is 1. The first-order valence-electron chi connectivity index (χ1n) is 13.4. The molecule has 1 aromatic heterocycles. The van der Waals surface area contributed by atoms with Gasteiger partial charge in [0, 0.05) is 67.5 Å². The molecule has 0 radical (unpaired) electrons. The fourth-order valence-corrected chi connectivity index (χ4v) is 5.20. The van der Waals surface area contributed by atoms with Crippen LogP contribution < -0.4 is 4.74 Å². The van der Waals surface area contributed by atoms with Crippen LogP contribution in [-0.4, -0.2) is 85.6 Å². The predicted octanol–water partition coefficient (Wildman–Crippen LogP) is 4.62. The van der Waals surface area contributed by atoms with Gasteiger partial charge < -0.3 is 19.1 Å². The topological polar surface area (TPSA) is 41.0 Å². The van der Waals surface area contributed by atoms with E-state index in [1.807, 2.05) is 23.1 Å². The van der Waals surface area contributed by atoms with Gasteiger partial charge in [0.1, 0.15) is 5.75 Å². The highest BCUT2D eigenvalue weighted by atomic mass is 16.5. The molecule has 2 aromatic carbocycles. The van der Waals surface area contributed by atoms with E-state index >= 15 is 0 Å². The number of benzene rings is 2. The zero-order valence-corrected chi connectivity index (χ0v) is 23.2. The second-order valence-electron chi connectivity index (χ2n) is 10.4. The Morgan fingerprint density at radius 2 is 1.73 bits per heavy atom. The van der Waals surface area contributed by atoms with Crippen molar-refractivity contribution in [3.63, 3.8) is 0 Å². The van der Waals surface area contributed by atoms with E-state index in [4.69, 9.17) is 4.74 Å². The van der Waals surface area contributed by atoms with Crippen LogP contribution in [0.25, 0.3) is 17.0 Å². The number of carbonyl (C=O) groups is 1. The summed E-state index contributed by atoms with van der Waals surface area (Å²) in [5.41, 5.74) is 6.19. The fraction of sp³-hybridized carbons (Fsp3) is 0.452. The Kier molecular flexibility index (Phi) is 9.06. The minimum Gasteiger partial charge on any atom is -0.497 e. The molecule has 6 nitrogen and oxygen atoms in total. The predicted molar refractivity (Wildman–Crippen MR) is 153 cm³/mol. The summed E-state index contributed by atoms with van der Waals surface area (Å²) in [6.07, 6.45) is 5.92. The third-order valence-electron chi connectivity index (χ3n) is 7.47. The maximum absolute atomic E-state index is 13.1. The number of aryl methyl sites for hydroxylation is 2. The minimum atomic E-state index is 0.107. The van der Waals surface area contributed by atoms with Crippen LogP contribution in [0, 0.1) is 13.8 Å². The molecule has 0 unspecified atom stereocenters. The zero-order valence-electron chi connectivity index (χ0n) is 23.2. The number of piperazine rings is 1. The molecule has 6 heteroatoms. The Hall–Kier alpha value is -3.09. The third-order valence-corrected chi connectivity index (χ3v) is 7.47. The van der Waals surface area contributed by atoms with Crippen molar-refractivity contribution < 1.29 is 9.53 Å². The molecule has 1 fully saturated rings. The molecule has 1 aliphatic heterocycles. The summed E-state index contributed by atoms with van der Waals surface area (Å²) in [4.78, 5) is 19.7. The van der Waals surface area contributed by atoms with Crippen molar-refractivity contribution >= 4 is 22.9 Å². The Balaban J connectivity index is 1.36. The van der Waals surface area contributed by atoms with Gasteiger partial charge in [-0.15, -0.1) is 0 Å². The van der Waals surface area contributed by atoms with E-state index in [0.717, 1.165) is 70.0 Å². The van der Waals surface area contributed by atoms with E-state index < -0.39 is 0 Å². The van der Waals surface area contributed by atoms with Crippen molar-refractivity contribution in [1.29, 1.82) is 0 Å². The first-order valence-corrected chi connectivity index (χ1v) is 13.4. The number of methoxy groups -OCH3 is 1. The molecular weight excluding hydrogens is 460 g/mol. The molecule has 3 aromatic rings. The lowest BCUT2D eigenvalue weighted by Gasteiger charge is -2.34. The average molecular weight is 503 g/mol. The van der Waals surface area contributed by atoms with Crippen LogP contribution in [0.1, 0.15) is 28.8 Å². The van der Waals surface area contributed by atoms with Crippen LogP contribution in [-0.2, 0) is 17.8 Å². The number of ether oxygens (including phenoxy) is 1. The van der Waals surface area contributed by atoms with Crippen molar-refractivity contribution in [2.45, 2.75) is 33.2 Å². The van der Waals surface area contributed by atoms with E-state index in [9.17, 15) is 4.79 Å². The van der Waals surface area contributed by atoms with Gasteiger partial charge in [-0.25, -0.2) is 0 Å². The molecule has 198 valence electrons. The number of rotatable bonds is 10. The van der Waals surface area contributed by atoms with Gasteiger partial charge in [0.15, 0.2) is 0 Å². The maximum atomic E-state index is 13.1. The lowest BCUT2D eigenvalue weighted by molar-refractivity contribution is -0.127. The van der Waals surface area contributed by atoms with Crippen LogP contribution in [0.5, 0.6) is 5.75 Å². The molecule has 0 saturated carbocycles. The molecule has 2 heterocycles. The van der Waals surface area contributed by atoms with Crippen molar-refractivity contribution in [2.75, 3.05) is 60.5 Å². The van der Waals surface area contributed by atoms with E-state index in [1.165, 1.54) is 27.7 Å². The molecule has 1 saturated heterocycles. The molecule has 0 N–H and O–H groups in total. The lowest BCUT2D eigenvalue weighted by Crippen LogP contribution is -2.48. The second kappa shape index (κ2) is 12.4. The average Bonchev–Trinajstić information content (AvgIpc) is 3.16. The van der Waals surface area contributed by atoms with Gasteiger partial charge in [-0.05, 0) is 83.2 Å². The molecule has 4 rings (SSSR count). The summed E-state index contributed by atoms with van der Waals surface area (Å²) in [5, 5.41) is 1.23. The second-order valence-corrected chi connectivity index (χ2v) is 10.4. The SMILES string of the molecule is COc1ccc(CCN2CCN(C(=O)/C=C/c3c(C)n(CCCN(C)C)c4ccc(C)cc34)CC2)cc1. The molecule has 1 amide bonds. The normalized spacial score (nSPS) is 14.8. The molecule has 0 aliphatic carbocycles. The summed E-state index contributed by atoms with van der Waals surface area (Å²) < 4.78 is 7.65. The third kappa shape index (κ3) is 6.82. The number of amides is 1. The zero-order chi connectivity index (χ0) is 26.4. The van der Waals surface area contributed by atoms with Crippen LogP contribution in [0.4, 0.5) is 0 Å². The standard InChI is InChI=1S/C31H42N4O2/c1-24-7-13-30-29(23-24)28(25(2)35(30)17-6-16-32(3)4)12-14-31(36)34-21-19-33(20-22-34)18-15-26-8-10-27(37-5)11-9-26/h7-14,23H,6,15-22H2,1-5H3/b14-12+. The van der Waals surface area contributed by atoms with Crippen molar-refractivity contribution in [1.82, 2.24) is 19.3 Å². The largest absolute Gasteiger partial charge is 0.497 e. The van der Waals surface area contributed by atoms with Gasteiger partial charge in [-0.1, -0.05) is 23.8 Å². The minimum absolute atomic E-state index is 0.107. The Labute approximate surface area is 222 Å². The summed E-state index contributed by atoms with van der Waals surface area (Å²) in [6, 6.07) is 14.9. The molecule has 0 spiro atoms. The van der Waals surface area contributed by atoms with Crippen LogP contribution >= 0.6 is 0 Å². The van der Waals surface area contributed by atoms with Crippen LogP contribution in [0.2, 0.25) is 0 Å². The van der Waals surface area contributed by atoms with Crippen LogP contribution in [0.3, 0.4) is 0 Å². The summed E-state index contributed by atoms with van der Waals surface area (Å²) in [7, 11) is 5.92. The van der Waals surface area contributed by atoms with Crippen molar-refractivity contribution in [3.8, 4) is 5.75 Å². The van der Waals surface area contributed by atoms with E-state index in [0.29, 0.717) is 0 Å². The molecule has 1 aliphatic rings. The highest BCUT2D eigenvalue weighted by Crippen LogP contribution is 2.28. The Bertz CT molecular complexity index is 1220. The van der Waals surface area contributed by atoms with Gasteiger partial charge in [0.05, 0.1) is 7.11 Å². The van der Waals surface area contributed by atoms with Crippen molar-refractivity contribution in [2.24, 2.45) is 0 Å². The van der Waals surface area contributed by atoms with E-state index in [-0.39, 0.29) is 5.91 Å². The van der Waals surface area contributed by atoms with Gasteiger partial charge in [0.25, 0.3) is 0 Å². The van der Waals surface area contributed by atoms with E-state index in [2.05, 4.69) is 72.6 Å². The Morgan fingerprint density at radius 1 is 1.00 bits per heavy atom. The van der Waals surface area contributed by atoms with Crippen molar-refractivity contribution in [3.05, 3.63) is 70.9 Å². The highest BCUT2D eigenvalue weighted by molar-refractivity contribution is 5.97. The molecular formula is C31H42N4O2. The molecule has 0 atom stereocenters. The van der Waals surface area contributed by atoms with Gasteiger partial charge >= 0.3 is 0 Å². The quantitative estimate of drug-likeness (QED) is 0.380. The Morgan fingerprint density at radius 3 is 2.41 bits per heavy atom. The summed E-state index contributed by atoms with van der Waals surface area (Å²) in [5.74, 6) is 0.999. The lowest BCUT2D eigenvalue weighted by atomic mass is 10.1. The van der Waals surface area contributed by atoms with Gasteiger partial charge in [-0.3, -0.25) is 9.69 Å². The number of hydrogen-bond donors (Lipinski definition) is 0. The van der Waals surface area contributed by atoms with Gasteiger partial charge in [0.2, 0.25) is 5.91 Å². The van der Waals surface area contributed by atoms with Gasteiger partial charge in [-0.2, -0.15) is 0 Å². The van der Waals surface area contributed by atoms with E-state index in [1.54, 1.807) is 13.2 Å². The first-order chi connectivity index (χ1) is 17.9. The highest BCUT2D eigenvalue weighted by Gasteiger charge is 2.20. The number of fused-ring (bicyclic) bond motifs is 1. The smallest absolute Gasteiger partial charge is 0.246 e. The summed E-state index contributed by atoms with van der Waals surface area (Å²) >= 11 is 0. The molecule has 37 heavy (non-hydrogen) atoms. The van der Waals surface area contributed by atoms with Crippen LogP contribution in [0.15, 0.2) is 48.5 Å². The number of nitrogens with zero attached hydrogens (tertiary/aromatic N) is 4. The summed E-state index contributed by atoms with van der Waals surface area (Å²) in [6.45, 7) is 10.7. The maximum Gasteiger partial charge on any atom is 0.246 e.